The number of benzene rings is 3. The van der Waals surface area contributed by atoms with Gasteiger partial charge in [0.1, 0.15) is 17.3 Å². The van der Waals surface area contributed by atoms with Crippen molar-refractivity contribution in [1.29, 1.82) is 0 Å². The van der Waals surface area contributed by atoms with Crippen LogP contribution in [0.25, 0.3) is 16.5 Å². The molecule has 5 rings (SSSR count). The summed E-state index contributed by atoms with van der Waals surface area (Å²) >= 11 is 0. The van der Waals surface area contributed by atoms with E-state index in [0.29, 0.717) is 17.1 Å². The maximum atomic E-state index is 13.4. The fraction of sp³-hybridized carbons (Fsp3) is 0.143. The van der Waals surface area contributed by atoms with Crippen molar-refractivity contribution in [2.75, 3.05) is 7.11 Å². The molecule has 34 heavy (non-hydrogen) atoms. The predicted octanol–water partition coefficient (Wildman–Crippen LogP) is 5.37. The lowest BCUT2D eigenvalue weighted by molar-refractivity contribution is -0.140. The number of rotatable bonds is 5. The van der Waals surface area contributed by atoms with Gasteiger partial charge in [0.2, 0.25) is 0 Å². The summed E-state index contributed by atoms with van der Waals surface area (Å²) in [7, 11) is 1.50. The zero-order valence-electron chi connectivity index (χ0n) is 18.8. The normalized spacial score (nSPS) is 17.5. The highest BCUT2D eigenvalue weighted by Crippen LogP contribution is 2.43. The molecule has 1 saturated heterocycles. The Bertz CT molecular complexity index is 1430. The van der Waals surface area contributed by atoms with Gasteiger partial charge >= 0.3 is 0 Å². The number of likely N-dealkylation sites (tertiary alicyclic amines) is 1. The molecular formula is C28H23NO5. The van der Waals surface area contributed by atoms with E-state index >= 15 is 0 Å². The van der Waals surface area contributed by atoms with Crippen LogP contribution in [0.2, 0.25) is 0 Å². The van der Waals surface area contributed by atoms with Crippen LogP contribution in [-0.2, 0) is 16.1 Å². The average molecular weight is 453 g/mol. The Balaban J connectivity index is 1.77. The summed E-state index contributed by atoms with van der Waals surface area (Å²) in [6.45, 7) is 1.97. The number of methoxy groups -OCH3 is 1. The summed E-state index contributed by atoms with van der Waals surface area (Å²) < 4.78 is 10.9. The molecule has 4 aromatic rings. The number of aliphatic hydroxyl groups excluding tert-OH is 1. The topological polar surface area (TPSA) is 80.0 Å². The van der Waals surface area contributed by atoms with Gasteiger partial charge in [-0.2, -0.15) is 0 Å². The number of ketones is 1. The van der Waals surface area contributed by atoms with Crippen LogP contribution >= 0.6 is 0 Å². The van der Waals surface area contributed by atoms with Gasteiger partial charge in [0.25, 0.3) is 11.7 Å². The lowest BCUT2D eigenvalue weighted by atomic mass is 9.91. The van der Waals surface area contributed by atoms with Crippen LogP contribution < -0.4 is 4.74 Å². The fourth-order valence-corrected chi connectivity index (χ4v) is 4.58. The maximum Gasteiger partial charge on any atom is 0.296 e. The molecular weight excluding hydrogens is 430 g/mol. The minimum absolute atomic E-state index is 0.0248. The first-order valence-corrected chi connectivity index (χ1v) is 10.9. The van der Waals surface area contributed by atoms with Crippen LogP contribution in [0.15, 0.2) is 89.0 Å². The molecule has 1 aliphatic rings. The van der Waals surface area contributed by atoms with Crippen LogP contribution in [0, 0.1) is 6.92 Å². The molecule has 1 aliphatic heterocycles. The second kappa shape index (κ2) is 8.56. The van der Waals surface area contributed by atoms with Gasteiger partial charge in [0.05, 0.1) is 37.1 Å². The van der Waals surface area contributed by atoms with Gasteiger partial charge in [-0.05, 0) is 47.5 Å². The molecule has 0 saturated carbocycles. The largest absolute Gasteiger partial charge is 0.507 e. The third-order valence-electron chi connectivity index (χ3n) is 6.17. The second-order valence-electron chi connectivity index (χ2n) is 8.28. The van der Waals surface area contributed by atoms with E-state index in [9.17, 15) is 14.7 Å². The monoisotopic (exact) mass is 453 g/mol. The molecule has 1 amide bonds. The number of hydrogen-bond acceptors (Lipinski definition) is 5. The van der Waals surface area contributed by atoms with Gasteiger partial charge < -0.3 is 19.2 Å². The Morgan fingerprint density at radius 1 is 1.03 bits per heavy atom. The van der Waals surface area contributed by atoms with Crippen molar-refractivity contribution in [2.24, 2.45) is 0 Å². The fourth-order valence-electron chi connectivity index (χ4n) is 4.58. The second-order valence-corrected chi connectivity index (χ2v) is 8.28. The minimum Gasteiger partial charge on any atom is -0.507 e. The summed E-state index contributed by atoms with van der Waals surface area (Å²) in [5.74, 6) is -0.746. The maximum absolute atomic E-state index is 13.4. The van der Waals surface area contributed by atoms with Gasteiger partial charge in [-0.25, -0.2) is 0 Å². The van der Waals surface area contributed by atoms with Crippen LogP contribution in [0.3, 0.4) is 0 Å². The quantitative estimate of drug-likeness (QED) is 0.250. The first-order valence-electron chi connectivity index (χ1n) is 10.9. The number of fused-ring (bicyclic) bond motifs is 1. The van der Waals surface area contributed by atoms with Crippen LogP contribution in [0.5, 0.6) is 5.75 Å². The lowest BCUT2D eigenvalue weighted by Gasteiger charge is -2.26. The van der Waals surface area contributed by atoms with Gasteiger partial charge in [0.15, 0.2) is 0 Å². The molecule has 0 aliphatic carbocycles. The van der Waals surface area contributed by atoms with Gasteiger partial charge in [-0.1, -0.05) is 54.1 Å². The molecule has 1 fully saturated rings. The van der Waals surface area contributed by atoms with Crippen molar-refractivity contribution >= 4 is 28.2 Å². The van der Waals surface area contributed by atoms with E-state index < -0.39 is 17.7 Å². The van der Waals surface area contributed by atoms with Crippen molar-refractivity contribution in [2.45, 2.75) is 19.5 Å². The van der Waals surface area contributed by atoms with Gasteiger partial charge in [-0.15, -0.1) is 0 Å². The molecule has 3 aromatic carbocycles. The third kappa shape index (κ3) is 3.53. The number of amides is 1. The molecule has 1 N–H and O–H groups in total. The van der Waals surface area contributed by atoms with Gasteiger partial charge in [0, 0.05) is 0 Å². The summed E-state index contributed by atoms with van der Waals surface area (Å²) in [5.41, 5.74) is 2.02. The van der Waals surface area contributed by atoms with E-state index in [1.807, 2.05) is 55.5 Å². The van der Waals surface area contributed by atoms with E-state index in [0.717, 1.165) is 21.9 Å². The van der Waals surface area contributed by atoms with Crippen molar-refractivity contribution in [3.8, 4) is 5.75 Å². The van der Waals surface area contributed by atoms with E-state index in [2.05, 4.69) is 0 Å². The van der Waals surface area contributed by atoms with Crippen molar-refractivity contribution in [3.63, 3.8) is 0 Å². The number of hydrogen-bond donors (Lipinski definition) is 1. The zero-order valence-corrected chi connectivity index (χ0v) is 18.8. The molecule has 0 radical (unpaired) electrons. The third-order valence-corrected chi connectivity index (χ3v) is 6.17. The number of aryl methyl sites for hydroxylation is 1. The van der Waals surface area contributed by atoms with Crippen molar-refractivity contribution in [3.05, 3.63) is 107 Å². The number of aliphatic hydroxyl groups is 1. The standard InChI is InChI=1S/C28H23NO5/c1-17-12-13-23(33-2)22(15-17)26(30)24-25(21-11-5-8-18-7-3-4-10-20(18)21)29(28(32)27(24)31)16-19-9-6-14-34-19/h3-15,25,30H,16H2,1-2H3/b26-24+. The average Bonchev–Trinajstić information content (AvgIpc) is 3.45. The molecule has 0 spiro atoms. The van der Waals surface area contributed by atoms with Crippen LogP contribution in [0.1, 0.15) is 28.5 Å². The number of Topliss-reactive ketones (excluding diaryl/α,β-unsaturated/α-hetero) is 1. The van der Waals surface area contributed by atoms with Gasteiger partial charge in [-0.3, -0.25) is 9.59 Å². The number of nitrogens with zero attached hydrogens (tertiary/aromatic N) is 1. The number of carbonyl (C=O) groups excluding carboxylic acids is 2. The Labute approximate surface area is 196 Å². The molecule has 2 heterocycles. The van der Waals surface area contributed by atoms with E-state index in [4.69, 9.17) is 9.15 Å². The lowest BCUT2D eigenvalue weighted by Crippen LogP contribution is -2.29. The summed E-state index contributed by atoms with van der Waals surface area (Å²) in [5, 5.41) is 13.3. The minimum atomic E-state index is -0.804. The highest BCUT2D eigenvalue weighted by Gasteiger charge is 2.47. The Hall–Kier alpha value is -4.32. The SMILES string of the molecule is COc1ccc(C)cc1/C(O)=C1\C(=O)C(=O)N(Cc2ccco2)C1c1cccc2ccccc12. The first-order chi connectivity index (χ1) is 16.5. The summed E-state index contributed by atoms with van der Waals surface area (Å²) in [6, 6.07) is 21.5. The predicted molar refractivity (Wildman–Crippen MR) is 128 cm³/mol. The first kappa shape index (κ1) is 21.5. The number of ether oxygens (including phenoxy) is 1. The highest BCUT2D eigenvalue weighted by molar-refractivity contribution is 6.46. The molecule has 1 aromatic heterocycles. The zero-order chi connectivity index (χ0) is 23.8. The van der Waals surface area contributed by atoms with E-state index in [1.54, 1.807) is 24.3 Å². The van der Waals surface area contributed by atoms with E-state index in [1.165, 1.54) is 18.3 Å². The van der Waals surface area contributed by atoms with E-state index in [-0.39, 0.29) is 17.9 Å². The molecule has 6 heteroatoms. The number of carbonyl (C=O) groups is 2. The van der Waals surface area contributed by atoms with Crippen LogP contribution in [0.4, 0.5) is 0 Å². The Kier molecular flexibility index (Phi) is 5.42. The molecule has 6 nitrogen and oxygen atoms in total. The summed E-state index contributed by atoms with van der Waals surface area (Å²) in [4.78, 5) is 28.1. The molecule has 1 unspecified atom stereocenters. The molecule has 170 valence electrons. The van der Waals surface area contributed by atoms with Crippen LogP contribution in [-0.4, -0.2) is 28.8 Å². The number of furan rings is 1. The Morgan fingerprint density at radius 2 is 1.82 bits per heavy atom. The molecule has 0 bridgehead atoms. The molecule has 1 atom stereocenters. The summed E-state index contributed by atoms with van der Waals surface area (Å²) in [6.07, 6.45) is 1.52. The van der Waals surface area contributed by atoms with Crippen molar-refractivity contribution in [1.82, 2.24) is 4.90 Å². The van der Waals surface area contributed by atoms with Crippen molar-refractivity contribution < 1.29 is 23.8 Å². The Morgan fingerprint density at radius 3 is 2.59 bits per heavy atom. The smallest absolute Gasteiger partial charge is 0.296 e. The highest BCUT2D eigenvalue weighted by atomic mass is 16.5.